The van der Waals surface area contributed by atoms with Crippen molar-refractivity contribution in [3.63, 3.8) is 0 Å². The zero-order valence-electron chi connectivity index (χ0n) is 7.52. The number of nitrogens with zero attached hydrogens (tertiary/aromatic N) is 3. The maximum atomic E-state index is 10.9. The van der Waals surface area contributed by atoms with E-state index in [0.717, 1.165) is 5.75 Å². The van der Waals surface area contributed by atoms with Crippen LogP contribution in [0.25, 0.3) is 0 Å². The van der Waals surface area contributed by atoms with Crippen molar-refractivity contribution in [1.29, 1.82) is 5.26 Å². The maximum Gasteiger partial charge on any atom is 0.270 e. The molecule has 0 aliphatic rings. The minimum atomic E-state index is -0.627. The fourth-order valence-corrected chi connectivity index (χ4v) is 1.56. The lowest BCUT2D eigenvalue weighted by molar-refractivity contribution is 0.0991. The average molecular weight is 208 g/mol. The first-order valence-electron chi connectivity index (χ1n) is 3.88. The van der Waals surface area contributed by atoms with Crippen molar-refractivity contribution in [1.82, 2.24) is 9.97 Å². The number of hydrogen-bond donors (Lipinski definition) is 1. The molecule has 1 heterocycles. The van der Waals surface area contributed by atoms with E-state index in [1.807, 2.05) is 13.0 Å². The second kappa shape index (κ2) is 4.58. The van der Waals surface area contributed by atoms with Gasteiger partial charge in [-0.25, -0.2) is 9.97 Å². The van der Waals surface area contributed by atoms with E-state index < -0.39 is 5.91 Å². The topological polar surface area (TPSA) is 92.7 Å². The number of carbonyl (C=O) groups is 1. The number of nitriles is 1. The van der Waals surface area contributed by atoms with Crippen LogP contribution < -0.4 is 5.73 Å². The molecule has 1 rings (SSSR count). The molecule has 0 aromatic carbocycles. The SMILES string of the molecule is CCSc1nc(C#N)cnc1C(N)=O. The zero-order chi connectivity index (χ0) is 10.6. The van der Waals surface area contributed by atoms with Crippen molar-refractivity contribution in [2.45, 2.75) is 11.9 Å². The number of primary amides is 1. The molecule has 0 fully saturated rings. The zero-order valence-corrected chi connectivity index (χ0v) is 8.34. The summed E-state index contributed by atoms with van der Waals surface area (Å²) in [5.74, 6) is 0.113. The molecule has 0 spiro atoms. The minimum Gasteiger partial charge on any atom is -0.364 e. The number of amides is 1. The van der Waals surface area contributed by atoms with Gasteiger partial charge in [0.05, 0.1) is 6.20 Å². The molecule has 0 unspecified atom stereocenters. The van der Waals surface area contributed by atoms with Gasteiger partial charge in [-0.2, -0.15) is 5.26 Å². The highest BCUT2D eigenvalue weighted by Gasteiger charge is 2.12. The molecule has 1 amide bonds. The van der Waals surface area contributed by atoms with Crippen LogP contribution >= 0.6 is 11.8 Å². The number of carbonyl (C=O) groups excluding carboxylic acids is 1. The molecule has 0 bridgehead atoms. The summed E-state index contributed by atoms with van der Waals surface area (Å²) in [5, 5.41) is 9.00. The van der Waals surface area contributed by atoms with Crippen LogP contribution in [0.5, 0.6) is 0 Å². The Hall–Kier alpha value is -1.61. The summed E-state index contributed by atoms with van der Waals surface area (Å²) >= 11 is 1.33. The normalized spacial score (nSPS) is 9.43. The first kappa shape index (κ1) is 10.5. The predicted molar refractivity (Wildman–Crippen MR) is 51.7 cm³/mol. The monoisotopic (exact) mass is 208 g/mol. The lowest BCUT2D eigenvalue weighted by Gasteiger charge is -2.02. The molecule has 6 heteroatoms. The first-order chi connectivity index (χ1) is 6.69. The Morgan fingerprint density at radius 3 is 3.00 bits per heavy atom. The van der Waals surface area contributed by atoms with Crippen molar-refractivity contribution in [3.8, 4) is 6.07 Å². The van der Waals surface area contributed by atoms with Gasteiger partial charge in [-0.3, -0.25) is 4.79 Å². The molecule has 0 aliphatic carbocycles. The van der Waals surface area contributed by atoms with Gasteiger partial charge in [0, 0.05) is 0 Å². The Morgan fingerprint density at radius 1 is 1.79 bits per heavy atom. The number of aromatic nitrogens is 2. The van der Waals surface area contributed by atoms with Crippen LogP contribution in [-0.2, 0) is 0 Å². The van der Waals surface area contributed by atoms with Crippen LogP contribution in [0.3, 0.4) is 0 Å². The standard InChI is InChI=1S/C8H8N4OS/c1-2-14-8-6(7(10)13)11-4-5(3-9)12-8/h4H,2H2,1H3,(H2,10,13). The van der Waals surface area contributed by atoms with Crippen molar-refractivity contribution in [3.05, 3.63) is 17.6 Å². The van der Waals surface area contributed by atoms with Gasteiger partial charge in [0.1, 0.15) is 11.1 Å². The van der Waals surface area contributed by atoms with Crippen molar-refractivity contribution < 1.29 is 4.79 Å². The quantitative estimate of drug-likeness (QED) is 0.732. The highest BCUT2D eigenvalue weighted by atomic mass is 32.2. The largest absolute Gasteiger partial charge is 0.364 e. The lowest BCUT2D eigenvalue weighted by Crippen LogP contribution is -2.15. The van der Waals surface area contributed by atoms with E-state index in [-0.39, 0.29) is 11.4 Å². The summed E-state index contributed by atoms with van der Waals surface area (Å²) in [7, 11) is 0. The highest BCUT2D eigenvalue weighted by Crippen LogP contribution is 2.18. The third kappa shape index (κ3) is 2.20. The van der Waals surface area contributed by atoms with Crippen molar-refractivity contribution >= 4 is 17.7 Å². The summed E-state index contributed by atoms with van der Waals surface area (Å²) < 4.78 is 0. The van der Waals surface area contributed by atoms with Gasteiger partial charge in [0.2, 0.25) is 0 Å². The lowest BCUT2D eigenvalue weighted by atomic mass is 10.4. The van der Waals surface area contributed by atoms with E-state index in [0.29, 0.717) is 5.03 Å². The highest BCUT2D eigenvalue weighted by molar-refractivity contribution is 7.99. The molecule has 0 atom stereocenters. The molecule has 1 aromatic rings. The van der Waals surface area contributed by atoms with Crippen LogP contribution in [0.1, 0.15) is 23.1 Å². The number of hydrogen-bond acceptors (Lipinski definition) is 5. The number of rotatable bonds is 3. The second-order valence-corrected chi connectivity index (χ2v) is 3.57. The second-order valence-electron chi connectivity index (χ2n) is 2.32. The minimum absolute atomic E-state index is 0.121. The summed E-state index contributed by atoms with van der Waals surface area (Å²) in [6.07, 6.45) is 1.24. The molecular formula is C8H8N4OS. The molecule has 0 saturated carbocycles. The van der Waals surface area contributed by atoms with Gasteiger partial charge < -0.3 is 5.73 Å². The van der Waals surface area contributed by atoms with E-state index in [1.165, 1.54) is 18.0 Å². The van der Waals surface area contributed by atoms with Crippen LogP contribution in [0.4, 0.5) is 0 Å². The third-order valence-corrected chi connectivity index (χ3v) is 2.22. The van der Waals surface area contributed by atoms with Crippen LogP contribution in [-0.4, -0.2) is 21.6 Å². The fraction of sp³-hybridized carbons (Fsp3) is 0.250. The van der Waals surface area contributed by atoms with Gasteiger partial charge in [-0.1, -0.05) is 6.92 Å². The Morgan fingerprint density at radius 2 is 2.50 bits per heavy atom. The Balaban J connectivity index is 3.18. The number of nitrogens with two attached hydrogens (primary N) is 1. The summed E-state index contributed by atoms with van der Waals surface area (Å²) in [4.78, 5) is 18.6. The molecule has 72 valence electrons. The molecule has 0 radical (unpaired) electrons. The maximum absolute atomic E-state index is 10.9. The van der Waals surface area contributed by atoms with Gasteiger partial charge in [0.25, 0.3) is 5.91 Å². The predicted octanol–water partition coefficient (Wildman–Crippen LogP) is 0.559. The van der Waals surface area contributed by atoms with Crippen LogP contribution in [0, 0.1) is 11.3 Å². The van der Waals surface area contributed by atoms with Crippen molar-refractivity contribution in [2.24, 2.45) is 5.73 Å². The molecule has 0 aliphatic heterocycles. The summed E-state index contributed by atoms with van der Waals surface area (Å²) in [6, 6.07) is 1.85. The van der Waals surface area contributed by atoms with E-state index in [1.54, 1.807) is 0 Å². The first-order valence-corrected chi connectivity index (χ1v) is 4.87. The fourth-order valence-electron chi connectivity index (χ4n) is 0.832. The van der Waals surface area contributed by atoms with Crippen LogP contribution in [0.15, 0.2) is 11.2 Å². The van der Waals surface area contributed by atoms with E-state index in [2.05, 4.69) is 9.97 Å². The summed E-state index contributed by atoms with van der Waals surface area (Å²) in [6.45, 7) is 1.91. The average Bonchev–Trinajstić information content (AvgIpc) is 2.17. The van der Waals surface area contributed by atoms with E-state index in [4.69, 9.17) is 11.0 Å². The van der Waals surface area contributed by atoms with Crippen molar-refractivity contribution in [2.75, 3.05) is 5.75 Å². The molecule has 2 N–H and O–H groups in total. The smallest absolute Gasteiger partial charge is 0.270 e. The Bertz CT molecular complexity index is 399. The molecule has 0 saturated heterocycles. The Labute approximate surface area is 85.3 Å². The number of thioether (sulfide) groups is 1. The van der Waals surface area contributed by atoms with Crippen LogP contribution in [0.2, 0.25) is 0 Å². The molecular weight excluding hydrogens is 200 g/mol. The Kier molecular flexibility index (Phi) is 3.42. The van der Waals surface area contributed by atoms with E-state index >= 15 is 0 Å². The van der Waals surface area contributed by atoms with E-state index in [9.17, 15) is 4.79 Å². The van der Waals surface area contributed by atoms with Gasteiger partial charge in [0.15, 0.2) is 11.4 Å². The van der Waals surface area contributed by atoms with Gasteiger partial charge >= 0.3 is 0 Å². The molecule has 5 nitrogen and oxygen atoms in total. The van der Waals surface area contributed by atoms with Gasteiger partial charge in [-0.15, -0.1) is 11.8 Å². The summed E-state index contributed by atoms with van der Waals surface area (Å²) in [5.41, 5.74) is 5.41. The third-order valence-electron chi connectivity index (χ3n) is 1.37. The molecule has 1 aromatic heterocycles. The van der Waals surface area contributed by atoms with Gasteiger partial charge in [-0.05, 0) is 5.75 Å². The molecule has 14 heavy (non-hydrogen) atoms.